The van der Waals surface area contributed by atoms with E-state index < -0.39 is 0 Å². The number of halogens is 2. The van der Waals surface area contributed by atoms with E-state index in [0.29, 0.717) is 0 Å². The number of rotatable bonds is 5. The molecule has 1 N–H and O–H groups in total. The second-order valence-corrected chi connectivity index (χ2v) is 8.88. The molecule has 3 aromatic carbocycles. The summed E-state index contributed by atoms with van der Waals surface area (Å²) in [6, 6.07) is 18.0. The van der Waals surface area contributed by atoms with E-state index in [4.69, 9.17) is 0 Å². The maximum atomic E-state index is 3.83. The van der Waals surface area contributed by atoms with Gasteiger partial charge in [-0.2, -0.15) is 0 Å². The fourth-order valence-corrected chi connectivity index (χ4v) is 5.97. The first-order valence-corrected chi connectivity index (χ1v) is 11.5. The van der Waals surface area contributed by atoms with Crippen LogP contribution in [0.4, 0.5) is 5.69 Å². The monoisotopic (exact) mass is 459 g/mol. The van der Waals surface area contributed by atoms with Crippen LogP contribution >= 0.6 is 24.8 Å². The largest absolute Gasteiger partial charge is 0.147 e. The van der Waals surface area contributed by atoms with Crippen LogP contribution in [0.5, 0.6) is 0 Å². The molecule has 0 saturated heterocycles. The van der Waals surface area contributed by atoms with Crippen molar-refractivity contribution in [2.24, 2.45) is 0 Å². The van der Waals surface area contributed by atoms with E-state index in [1.165, 1.54) is 49.9 Å². The van der Waals surface area contributed by atoms with Gasteiger partial charge < -0.3 is 0 Å². The minimum absolute atomic E-state index is 0. The van der Waals surface area contributed by atoms with E-state index in [-0.39, 0.29) is 44.2 Å². The summed E-state index contributed by atoms with van der Waals surface area (Å²) >= 11 is -0.333. The van der Waals surface area contributed by atoms with Crippen molar-refractivity contribution in [3.8, 4) is 0 Å². The molecule has 0 aromatic heterocycles. The molecule has 0 fully saturated rings. The van der Waals surface area contributed by atoms with Crippen molar-refractivity contribution in [1.29, 1.82) is 0 Å². The van der Waals surface area contributed by atoms with Gasteiger partial charge in [0.2, 0.25) is 0 Å². The first-order chi connectivity index (χ1) is 13.1. The molecule has 0 spiro atoms. The second-order valence-electron chi connectivity index (χ2n) is 7.39. The number of anilines is 1. The molecule has 0 atom stereocenters. The molecule has 0 amide bonds. The molecule has 1 aliphatic rings. The summed E-state index contributed by atoms with van der Waals surface area (Å²) in [4.78, 5) is 0. The van der Waals surface area contributed by atoms with Crippen LogP contribution in [-0.2, 0) is 24.1 Å². The molecule has 0 aliphatic heterocycles. The summed E-state index contributed by atoms with van der Waals surface area (Å²) in [5.74, 6) is 0. The molecule has 4 heteroatoms. The zero-order valence-corrected chi connectivity index (χ0v) is 20.3. The van der Waals surface area contributed by atoms with Gasteiger partial charge in [-0.25, -0.2) is 0 Å². The summed E-state index contributed by atoms with van der Waals surface area (Å²) in [6.45, 7) is 6.60. The summed E-state index contributed by atoms with van der Waals surface area (Å²) in [5, 5.41) is 2.75. The Hall–Kier alpha value is -1.51. The summed E-state index contributed by atoms with van der Waals surface area (Å²) in [7, 11) is 0. The van der Waals surface area contributed by atoms with Gasteiger partial charge in [-0.05, 0) is 0 Å². The fraction of sp³-hybridized carbons (Fsp3) is 0.200. The van der Waals surface area contributed by atoms with E-state index >= 15 is 0 Å². The van der Waals surface area contributed by atoms with E-state index in [0.717, 1.165) is 11.1 Å². The van der Waals surface area contributed by atoms with Crippen molar-refractivity contribution in [3.63, 3.8) is 0 Å². The van der Waals surface area contributed by atoms with Crippen LogP contribution in [0.2, 0.25) is 0 Å². The zero-order chi connectivity index (χ0) is 18.8. The topological polar surface area (TPSA) is 12.0 Å². The summed E-state index contributed by atoms with van der Waals surface area (Å²) in [6.07, 6.45) is 7.76. The number of benzene rings is 3. The predicted molar refractivity (Wildman–Crippen MR) is 128 cm³/mol. The molecule has 3 aromatic rings. The molecule has 4 rings (SSSR count). The molecule has 1 nitrogen and oxygen atoms in total. The third kappa shape index (κ3) is 5.16. The molecule has 29 heavy (non-hydrogen) atoms. The van der Waals surface area contributed by atoms with Crippen molar-refractivity contribution >= 4 is 46.8 Å². The standard InChI is InChI=1S/C16H13.C9H12N.2ClH.Ti/c1-12-15-9-5-4-8-14(15)10-11-16(12)13-6-2-3-7-13;1-6-4-7(2)9(10)8(3)5-6;;;/h2-6,8-11H,1,7H2;4-5,10H,1-3H3;2*1H;/q;-1;;;+1. The average Bonchev–Trinajstić information content (AvgIpc) is 3.18. The first-order valence-electron chi connectivity index (χ1n) is 9.57. The van der Waals surface area contributed by atoms with Gasteiger partial charge in [0.1, 0.15) is 0 Å². The number of nitrogens with one attached hydrogen (secondary N) is 1. The van der Waals surface area contributed by atoms with E-state index in [9.17, 15) is 0 Å². The predicted octanol–water partition coefficient (Wildman–Crippen LogP) is 7.56. The Balaban J connectivity index is 0.00000150. The van der Waals surface area contributed by atoms with Crippen LogP contribution in [0.3, 0.4) is 0 Å². The van der Waals surface area contributed by atoms with Gasteiger partial charge in [0, 0.05) is 0 Å². The van der Waals surface area contributed by atoms with Crippen LogP contribution in [0.25, 0.3) is 16.3 Å². The van der Waals surface area contributed by atoms with Crippen molar-refractivity contribution in [2.75, 3.05) is 3.80 Å². The number of fused-ring (bicyclic) bond motifs is 1. The smallest absolute Gasteiger partial charge is 0.147 e. The Labute approximate surface area is 195 Å². The summed E-state index contributed by atoms with van der Waals surface area (Å²) in [5.41, 5.74) is 9.79. The summed E-state index contributed by atoms with van der Waals surface area (Å²) < 4.78 is 4.97. The Kier molecular flexibility index (Phi) is 8.61. The van der Waals surface area contributed by atoms with Crippen molar-refractivity contribution in [1.82, 2.24) is 0 Å². The molecular weight excluding hydrogens is 433 g/mol. The number of aryl methyl sites for hydroxylation is 3. The maximum Gasteiger partial charge on any atom is -0.147 e. The number of hydrogen-bond acceptors (Lipinski definition) is 1. The second kappa shape index (κ2) is 10.5. The van der Waals surface area contributed by atoms with Gasteiger partial charge in [0.05, 0.1) is 0 Å². The Morgan fingerprint density at radius 2 is 1.66 bits per heavy atom. The van der Waals surface area contributed by atoms with Gasteiger partial charge in [0.25, 0.3) is 0 Å². The third-order valence-electron chi connectivity index (χ3n) is 5.31. The minimum Gasteiger partial charge on any atom is -0.147 e. The van der Waals surface area contributed by atoms with Crippen LogP contribution in [-0.4, -0.2) is 0 Å². The normalized spacial score (nSPS) is 12.2. The van der Waals surface area contributed by atoms with Gasteiger partial charge in [-0.3, -0.25) is 0 Å². The van der Waals surface area contributed by atoms with Crippen molar-refractivity contribution in [2.45, 2.75) is 31.9 Å². The Morgan fingerprint density at radius 3 is 2.34 bits per heavy atom. The van der Waals surface area contributed by atoms with Crippen LogP contribution in [0, 0.1) is 20.8 Å². The van der Waals surface area contributed by atoms with E-state index in [1.54, 1.807) is 0 Å². The maximum absolute atomic E-state index is 3.83. The van der Waals surface area contributed by atoms with E-state index in [1.807, 2.05) is 0 Å². The van der Waals surface area contributed by atoms with Crippen molar-refractivity contribution < 1.29 is 19.4 Å². The molecule has 0 bridgehead atoms. The molecule has 1 aliphatic carbocycles. The first kappa shape index (κ1) is 23.8. The van der Waals surface area contributed by atoms with Gasteiger partial charge in [0.15, 0.2) is 0 Å². The van der Waals surface area contributed by atoms with Gasteiger partial charge >= 0.3 is 172 Å². The zero-order valence-electron chi connectivity index (χ0n) is 17.1. The van der Waals surface area contributed by atoms with Crippen LogP contribution in [0.15, 0.2) is 66.8 Å². The quantitative estimate of drug-likeness (QED) is 0.388. The van der Waals surface area contributed by atoms with Crippen molar-refractivity contribution in [3.05, 3.63) is 94.6 Å². The Morgan fingerprint density at radius 1 is 0.931 bits per heavy atom. The van der Waals surface area contributed by atoms with Crippen LogP contribution in [0.1, 0.15) is 34.2 Å². The SMILES string of the molecule is Cc1cc(C)c([NH][Ti][CH2]c2c(C3=CC=CC3)ccc3ccccc23)c(C)c1.Cl.Cl. The number of allylic oxidation sites excluding steroid dienone is 4. The van der Waals surface area contributed by atoms with Crippen LogP contribution < -0.4 is 3.80 Å². The van der Waals surface area contributed by atoms with Gasteiger partial charge in [-0.1, -0.05) is 0 Å². The van der Waals surface area contributed by atoms with Gasteiger partial charge in [-0.15, -0.1) is 24.8 Å². The minimum atomic E-state index is -0.333. The van der Waals surface area contributed by atoms with E-state index in [2.05, 4.69) is 91.3 Å². The molecular formula is C25H27Cl2NTi. The molecule has 0 heterocycles. The molecule has 150 valence electrons. The molecule has 0 unspecified atom stereocenters. The fourth-order valence-electron chi connectivity index (χ4n) is 4.07. The average molecular weight is 460 g/mol. The third-order valence-corrected chi connectivity index (χ3v) is 6.81. The molecule has 0 saturated carbocycles. The number of hydrogen-bond donors (Lipinski definition) is 1. The Bertz CT molecular complexity index is 1050. The molecule has 0 radical (unpaired) electrons.